The Morgan fingerprint density at radius 2 is 1.96 bits per heavy atom. The van der Waals surface area contributed by atoms with E-state index >= 15 is 0 Å². The Hall–Kier alpha value is -2.42. The molecular weight excluding hydrogens is 348 g/mol. The number of sulfonamides is 1. The third-order valence-corrected chi connectivity index (χ3v) is 5.45. The maximum atomic E-state index is 12.1. The fourth-order valence-corrected chi connectivity index (χ4v) is 4.00. The van der Waals surface area contributed by atoms with Crippen LogP contribution in [0.5, 0.6) is 0 Å². The van der Waals surface area contributed by atoms with Crippen LogP contribution >= 0.6 is 0 Å². The number of amides is 2. The van der Waals surface area contributed by atoms with Crippen LogP contribution in [-0.4, -0.2) is 57.1 Å². The zero-order valence-corrected chi connectivity index (χ0v) is 14.5. The standard InChI is InChI=1S/C16H18N2O6S/c1-25(22,23)18-8-6-11-9-12(4-5-13(11)18)16(21)24-10-15(20)17-7-2-3-14(17)19/h4-5,9H,2-3,6-8,10H2,1H3. The number of likely N-dealkylation sites (tertiary alicyclic amines) is 1. The molecule has 134 valence electrons. The lowest BCUT2D eigenvalue weighted by Gasteiger charge is -2.16. The second kappa shape index (κ2) is 6.47. The van der Waals surface area contributed by atoms with Gasteiger partial charge in [0.25, 0.3) is 5.91 Å². The van der Waals surface area contributed by atoms with Gasteiger partial charge in [-0.1, -0.05) is 0 Å². The van der Waals surface area contributed by atoms with Crippen molar-refractivity contribution < 1.29 is 27.5 Å². The summed E-state index contributed by atoms with van der Waals surface area (Å²) in [7, 11) is -3.35. The van der Waals surface area contributed by atoms with Crippen molar-refractivity contribution in [1.82, 2.24) is 4.90 Å². The lowest BCUT2D eigenvalue weighted by atomic mass is 10.1. The van der Waals surface area contributed by atoms with E-state index in [1.165, 1.54) is 10.4 Å². The van der Waals surface area contributed by atoms with Crippen LogP contribution in [0, 0.1) is 0 Å². The number of benzene rings is 1. The van der Waals surface area contributed by atoms with E-state index in [9.17, 15) is 22.8 Å². The molecule has 1 fully saturated rings. The Kier molecular flexibility index (Phi) is 4.51. The van der Waals surface area contributed by atoms with Crippen LogP contribution in [0.25, 0.3) is 0 Å². The molecule has 0 unspecified atom stereocenters. The van der Waals surface area contributed by atoms with Crippen LogP contribution in [0.4, 0.5) is 5.69 Å². The summed E-state index contributed by atoms with van der Waals surface area (Å²) in [6, 6.07) is 4.61. The molecule has 0 saturated carbocycles. The number of carbonyl (C=O) groups is 3. The Bertz CT molecular complexity index is 848. The third kappa shape index (κ3) is 3.51. The van der Waals surface area contributed by atoms with Gasteiger partial charge in [0.2, 0.25) is 15.9 Å². The molecule has 0 atom stereocenters. The van der Waals surface area contributed by atoms with Gasteiger partial charge in [-0.05, 0) is 36.6 Å². The molecule has 2 aliphatic heterocycles. The summed E-state index contributed by atoms with van der Waals surface area (Å²) in [5.74, 6) is -1.46. The molecule has 1 saturated heterocycles. The molecule has 1 aromatic rings. The van der Waals surface area contributed by atoms with Crippen molar-refractivity contribution in [2.24, 2.45) is 0 Å². The van der Waals surface area contributed by atoms with Gasteiger partial charge >= 0.3 is 5.97 Å². The van der Waals surface area contributed by atoms with Crippen LogP contribution in [0.15, 0.2) is 18.2 Å². The Morgan fingerprint density at radius 3 is 2.60 bits per heavy atom. The van der Waals surface area contributed by atoms with Crippen molar-refractivity contribution in [3.05, 3.63) is 29.3 Å². The fraction of sp³-hybridized carbons (Fsp3) is 0.438. The van der Waals surface area contributed by atoms with Crippen molar-refractivity contribution in [2.75, 3.05) is 30.3 Å². The molecular formula is C16H18N2O6S. The Labute approximate surface area is 145 Å². The van der Waals surface area contributed by atoms with E-state index in [4.69, 9.17) is 4.74 Å². The third-order valence-electron chi connectivity index (χ3n) is 4.27. The average molecular weight is 366 g/mol. The predicted molar refractivity (Wildman–Crippen MR) is 88.6 cm³/mol. The Morgan fingerprint density at radius 1 is 1.20 bits per heavy atom. The van der Waals surface area contributed by atoms with Crippen LogP contribution in [0.1, 0.15) is 28.8 Å². The predicted octanol–water partition coefficient (Wildman–Crippen LogP) is 0.314. The maximum Gasteiger partial charge on any atom is 0.338 e. The number of hydrogen-bond acceptors (Lipinski definition) is 6. The number of fused-ring (bicyclic) bond motifs is 1. The first-order valence-corrected chi connectivity index (χ1v) is 9.73. The van der Waals surface area contributed by atoms with Gasteiger partial charge < -0.3 is 4.74 Å². The molecule has 0 N–H and O–H groups in total. The summed E-state index contributed by atoms with van der Waals surface area (Å²) in [6.07, 6.45) is 2.60. The van der Waals surface area contributed by atoms with Crippen molar-refractivity contribution in [2.45, 2.75) is 19.3 Å². The van der Waals surface area contributed by atoms with Crippen LogP contribution < -0.4 is 4.31 Å². The molecule has 0 radical (unpaired) electrons. The maximum absolute atomic E-state index is 12.1. The van der Waals surface area contributed by atoms with Gasteiger partial charge in [-0.2, -0.15) is 0 Å². The number of esters is 1. The quantitative estimate of drug-likeness (QED) is 0.711. The van der Waals surface area contributed by atoms with E-state index in [-0.39, 0.29) is 11.5 Å². The number of hydrogen-bond donors (Lipinski definition) is 0. The zero-order valence-electron chi connectivity index (χ0n) is 13.7. The molecule has 2 heterocycles. The summed E-state index contributed by atoms with van der Waals surface area (Å²) in [5, 5.41) is 0. The van der Waals surface area contributed by atoms with Crippen molar-refractivity contribution in [3.63, 3.8) is 0 Å². The van der Waals surface area contributed by atoms with Crippen LogP contribution in [-0.2, 0) is 30.8 Å². The summed E-state index contributed by atoms with van der Waals surface area (Å²) in [6.45, 7) is 0.203. The van der Waals surface area contributed by atoms with Crippen LogP contribution in [0.3, 0.4) is 0 Å². The SMILES string of the molecule is CS(=O)(=O)N1CCc2cc(C(=O)OCC(=O)N3CCCC3=O)ccc21. The number of ether oxygens (including phenoxy) is 1. The number of anilines is 1. The van der Waals surface area contributed by atoms with Gasteiger partial charge in [-0.15, -0.1) is 0 Å². The fourth-order valence-electron chi connectivity index (χ4n) is 3.04. The van der Waals surface area contributed by atoms with Crippen molar-refractivity contribution >= 4 is 33.5 Å². The van der Waals surface area contributed by atoms with Crippen molar-refractivity contribution in [1.29, 1.82) is 0 Å². The first kappa shape index (κ1) is 17.4. The van der Waals surface area contributed by atoms with E-state index in [1.54, 1.807) is 12.1 Å². The van der Waals surface area contributed by atoms with Gasteiger partial charge in [-0.3, -0.25) is 18.8 Å². The molecule has 0 aliphatic carbocycles. The number of carbonyl (C=O) groups excluding carboxylic acids is 3. The van der Waals surface area contributed by atoms with Crippen molar-refractivity contribution in [3.8, 4) is 0 Å². The Balaban J connectivity index is 1.66. The molecule has 2 aliphatic rings. The molecule has 2 amide bonds. The highest BCUT2D eigenvalue weighted by atomic mass is 32.2. The van der Waals surface area contributed by atoms with Gasteiger partial charge in [0.1, 0.15) is 0 Å². The summed E-state index contributed by atoms with van der Waals surface area (Å²) >= 11 is 0. The molecule has 1 aromatic carbocycles. The number of imide groups is 1. The largest absolute Gasteiger partial charge is 0.452 e. The van der Waals surface area contributed by atoms with Gasteiger partial charge in [0.15, 0.2) is 6.61 Å². The van der Waals surface area contributed by atoms with Gasteiger partial charge in [0, 0.05) is 19.5 Å². The highest BCUT2D eigenvalue weighted by Crippen LogP contribution is 2.30. The minimum Gasteiger partial charge on any atom is -0.452 e. The molecule has 0 spiro atoms. The second-order valence-corrected chi connectivity index (χ2v) is 7.95. The monoisotopic (exact) mass is 366 g/mol. The van der Waals surface area contributed by atoms with Gasteiger partial charge in [-0.25, -0.2) is 13.2 Å². The summed E-state index contributed by atoms with van der Waals surface area (Å²) in [4.78, 5) is 36.6. The van der Waals surface area contributed by atoms with E-state index in [1.807, 2.05) is 0 Å². The normalized spacial score (nSPS) is 16.9. The molecule has 3 rings (SSSR count). The highest BCUT2D eigenvalue weighted by Gasteiger charge is 2.29. The van der Waals surface area contributed by atoms with E-state index in [0.29, 0.717) is 38.0 Å². The summed E-state index contributed by atoms with van der Waals surface area (Å²) < 4.78 is 29.7. The number of nitrogens with zero attached hydrogens (tertiary/aromatic N) is 2. The number of rotatable bonds is 4. The minimum atomic E-state index is -3.35. The van der Waals surface area contributed by atoms with E-state index < -0.39 is 28.5 Å². The molecule has 9 heteroatoms. The molecule has 0 bridgehead atoms. The first-order chi connectivity index (χ1) is 11.8. The van der Waals surface area contributed by atoms with Gasteiger partial charge in [0.05, 0.1) is 17.5 Å². The summed E-state index contributed by atoms with van der Waals surface area (Å²) in [5.41, 5.74) is 1.54. The smallest absolute Gasteiger partial charge is 0.338 e. The first-order valence-electron chi connectivity index (χ1n) is 7.88. The lowest BCUT2D eigenvalue weighted by Crippen LogP contribution is -2.35. The molecule has 25 heavy (non-hydrogen) atoms. The van der Waals surface area contributed by atoms with E-state index in [2.05, 4.69) is 0 Å². The zero-order chi connectivity index (χ0) is 18.2. The topological polar surface area (TPSA) is 101 Å². The van der Waals surface area contributed by atoms with Crippen LogP contribution in [0.2, 0.25) is 0 Å². The molecule has 0 aromatic heterocycles. The minimum absolute atomic E-state index is 0.245. The van der Waals surface area contributed by atoms with E-state index in [0.717, 1.165) is 16.7 Å². The average Bonchev–Trinajstić information content (AvgIpc) is 3.17. The lowest BCUT2D eigenvalue weighted by molar-refractivity contribution is -0.143. The molecule has 8 nitrogen and oxygen atoms in total. The highest BCUT2D eigenvalue weighted by molar-refractivity contribution is 7.92. The second-order valence-electron chi connectivity index (χ2n) is 6.05.